The number of rotatable bonds is 1. The van der Waals surface area contributed by atoms with E-state index in [1.54, 1.807) is 0 Å². The molecule has 3 nitrogen and oxygen atoms in total. The van der Waals surface area contributed by atoms with Crippen molar-refractivity contribution in [3.05, 3.63) is 24.3 Å². The number of hydrogen-bond acceptors (Lipinski definition) is 2. The van der Waals surface area contributed by atoms with Gasteiger partial charge in [-0.1, -0.05) is 44.0 Å². The second kappa shape index (κ2) is 5.30. The first-order valence-electron chi connectivity index (χ1n) is 4.64. The highest BCUT2D eigenvalue weighted by Gasteiger charge is 1.90. The fourth-order valence-electron chi connectivity index (χ4n) is 0.788. The van der Waals surface area contributed by atoms with Gasteiger partial charge in [0.2, 0.25) is 0 Å². The van der Waals surface area contributed by atoms with E-state index in [1.807, 2.05) is 24.3 Å². The molecule has 1 heterocycles. The van der Waals surface area contributed by atoms with Crippen LogP contribution in [-0.4, -0.2) is 15.4 Å². The zero-order valence-corrected chi connectivity index (χ0v) is 8.12. The minimum absolute atomic E-state index is 0.914. The summed E-state index contributed by atoms with van der Waals surface area (Å²) in [6.07, 6.45) is 2.64. The van der Waals surface area contributed by atoms with Gasteiger partial charge in [0.1, 0.15) is 5.52 Å². The molecule has 0 atom stereocenters. The normalized spacial score (nSPS) is 9.38. The monoisotopic (exact) mass is 177 g/mol. The van der Waals surface area contributed by atoms with E-state index in [0.29, 0.717) is 0 Å². The van der Waals surface area contributed by atoms with E-state index < -0.39 is 0 Å². The van der Waals surface area contributed by atoms with E-state index in [2.05, 4.69) is 29.3 Å². The van der Waals surface area contributed by atoms with Crippen molar-refractivity contribution in [2.24, 2.45) is 0 Å². The third kappa shape index (κ3) is 2.86. The van der Waals surface area contributed by atoms with Gasteiger partial charge in [0, 0.05) is 0 Å². The number of nitrogens with zero attached hydrogens (tertiary/aromatic N) is 2. The molecule has 0 saturated carbocycles. The van der Waals surface area contributed by atoms with Crippen LogP contribution in [0.1, 0.15) is 26.7 Å². The summed E-state index contributed by atoms with van der Waals surface area (Å²) >= 11 is 0. The summed E-state index contributed by atoms with van der Waals surface area (Å²) in [7, 11) is 0. The molecule has 1 aromatic heterocycles. The molecule has 1 aromatic carbocycles. The van der Waals surface area contributed by atoms with Crippen molar-refractivity contribution in [1.29, 1.82) is 0 Å². The summed E-state index contributed by atoms with van der Waals surface area (Å²) in [6.45, 7) is 4.36. The highest BCUT2D eigenvalue weighted by atomic mass is 15.3. The van der Waals surface area contributed by atoms with Crippen LogP contribution in [0.4, 0.5) is 0 Å². The standard InChI is InChI=1S/C6H5N3.C4H10/c1-2-4-6-5(3-1)7-9-8-6;1-3-4-2/h1-4H,(H,7,8,9);3-4H2,1-2H3. The van der Waals surface area contributed by atoms with Crippen molar-refractivity contribution in [3.8, 4) is 0 Å². The first kappa shape index (κ1) is 9.71. The maximum Gasteiger partial charge on any atom is 0.112 e. The van der Waals surface area contributed by atoms with Crippen LogP contribution in [0.3, 0.4) is 0 Å². The Hall–Kier alpha value is -1.38. The van der Waals surface area contributed by atoms with E-state index in [9.17, 15) is 0 Å². The number of fused-ring (bicyclic) bond motifs is 1. The molecule has 3 heteroatoms. The summed E-state index contributed by atoms with van der Waals surface area (Å²) in [5.41, 5.74) is 1.90. The van der Waals surface area contributed by atoms with Crippen LogP contribution in [0.15, 0.2) is 24.3 Å². The molecule has 0 unspecified atom stereocenters. The number of unbranched alkanes of at least 4 members (excludes halogenated alkanes) is 1. The topological polar surface area (TPSA) is 41.6 Å². The van der Waals surface area contributed by atoms with Crippen LogP contribution < -0.4 is 0 Å². The van der Waals surface area contributed by atoms with E-state index in [0.717, 1.165) is 11.0 Å². The van der Waals surface area contributed by atoms with Gasteiger partial charge < -0.3 is 0 Å². The molecule has 0 amide bonds. The Morgan fingerprint density at radius 1 is 1.15 bits per heavy atom. The molecule has 13 heavy (non-hydrogen) atoms. The maximum atomic E-state index is 3.81. The van der Waals surface area contributed by atoms with E-state index in [-0.39, 0.29) is 0 Å². The molecule has 2 rings (SSSR count). The van der Waals surface area contributed by atoms with Gasteiger partial charge in [-0.05, 0) is 12.1 Å². The smallest absolute Gasteiger partial charge is 0.112 e. The van der Waals surface area contributed by atoms with Crippen LogP contribution in [-0.2, 0) is 0 Å². The maximum absolute atomic E-state index is 3.81. The molecular weight excluding hydrogens is 162 g/mol. The first-order valence-corrected chi connectivity index (χ1v) is 4.64. The molecule has 1 N–H and O–H groups in total. The minimum Gasteiger partial charge on any atom is -0.258 e. The second-order valence-electron chi connectivity index (χ2n) is 2.83. The molecule has 0 bridgehead atoms. The summed E-state index contributed by atoms with van der Waals surface area (Å²) in [6, 6.07) is 7.74. The number of aromatic amines is 1. The predicted molar refractivity (Wildman–Crippen MR) is 54.5 cm³/mol. The van der Waals surface area contributed by atoms with Gasteiger partial charge in [0.15, 0.2) is 0 Å². The number of hydrogen-bond donors (Lipinski definition) is 1. The lowest BCUT2D eigenvalue weighted by Gasteiger charge is -1.79. The minimum atomic E-state index is 0.914. The Morgan fingerprint density at radius 2 is 1.85 bits per heavy atom. The van der Waals surface area contributed by atoms with Gasteiger partial charge in [-0.2, -0.15) is 0 Å². The van der Waals surface area contributed by atoms with Crippen molar-refractivity contribution in [2.75, 3.05) is 0 Å². The molecule has 0 aliphatic rings. The van der Waals surface area contributed by atoms with Crippen molar-refractivity contribution in [3.63, 3.8) is 0 Å². The Bertz CT molecular complexity index is 308. The van der Waals surface area contributed by atoms with Crippen LogP contribution in [0.25, 0.3) is 11.0 Å². The van der Waals surface area contributed by atoms with Crippen LogP contribution in [0, 0.1) is 0 Å². The average Bonchev–Trinajstić information content (AvgIpc) is 2.66. The lowest BCUT2D eigenvalue weighted by atomic mass is 10.3. The lowest BCUT2D eigenvalue weighted by molar-refractivity contribution is 0.886. The second-order valence-corrected chi connectivity index (χ2v) is 2.83. The largest absolute Gasteiger partial charge is 0.258 e. The molecule has 0 spiro atoms. The summed E-state index contributed by atoms with van der Waals surface area (Å²) in [5.74, 6) is 0. The number of H-pyrrole nitrogens is 1. The fraction of sp³-hybridized carbons (Fsp3) is 0.400. The molecular formula is C10H15N3. The molecule has 0 saturated heterocycles. The van der Waals surface area contributed by atoms with Gasteiger partial charge >= 0.3 is 0 Å². The Labute approximate surface area is 78.2 Å². The zero-order chi connectivity index (χ0) is 9.52. The highest BCUT2D eigenvalue weighted by molar-refractivity contribution is 5.72. The number of nitrogens with one attached hydrogen (secondary N) is 1. The summed E-state index contributed by atoms with van der Waals surface area (Å²) in [5, 5.41) is 10.2. The summed E-state index contributed by atoms with van der Waals surface area (Å²) < 4.78 is 0. The summed E-state index contributed by atoms with van der Waals surface area (Å²) in [4.78, 5) is 0. The van der Waals surface area contributed by atoms with Crippen LogP contribution >= 0.6 is 0 Å². The van der Waals surface area contributed by atoms with Gasteiger partial charge in [0.25, 0.3) is 0 Å². The SMILES string of the molecule is CCCC.c1ccc2[nH]nnc2c1. The average molecular weight is 177 g/mol. The van der Waals surface area contributed by atoms with Crippen molar-refractivity contribution >= 4 is 11.0 Å². The zero-order valence-electron chi connectivity index (χ0n) is 8.12. The molecule has 70 valence electrons. The van der Waals surface area contributed by atoms with E-state index in [4.69, 9.17) is 0 Å². The Morgan fingerprint density at radius 3 is 2.46 bits per heavy atom. The molecule has 0 aliphatic heterocycles. The predicted octanol–water partition coefficient (Wildman–Crippen LogP) is 2.76. The van der Waals surface area contributed by atoms with Crippen LogP contribution in [0.5, 0.6) is 0 Å². The molecule has 0 fully saturated rings. The van der Waals surface area contributed by atoms with Crippen LogP contribution in [0.2, 0.25) is 0 Å². The van der Waals surface area contributed by atoms with E-state index in [1.165, 1.54) is 12.8 Å². The van der Waals surface area contributed by atoms with Crippen molar-refractivity contribution in [1.82, 2.24) is 15.4 Å². The Kier molecular flexibility index (Phi) is 3.96. The van der Waals surface area contributed by atoms with Gasteiger partial charge in [-0.25, -0.2) is 0 Å². The lowest BCUT2D eigenvalue weighted by Crippen LogP contribution is -1.63. The third-order valence-electron chi connectivity index (χ3n) is 1.73. The third-order valence-corrected chi connectivity index (χ3v) is 1.73. The van der Waals surface area contributed by atoms with Gasteiger partial charge in [-0.3, -0.25) is 5.10 Å². The first-order chi connectivity index (χ1) is 6.38. The number of benzene rings is 1. The molecule has 2 aromatic rings. The molecule has 0 aliphatic carbocycles. The molecule has 0 radical (unpaired) electrons. The number of aromatic nitrogens is 3. The Balaban J connectivity index is 0.000000184. The van der Waals surface area contributed by atoms with Crippen molar-refractivity contribution in [2.45, 2.75) is 26.7 Å². The fourth-order valence-corrected chi connectivity index (χ4v) is 0.788. The van der Waals surface area contributed by atoms with Gasteiger partial charge in [-0.15, -0.1) is 5.10 Å². The van der Waals surface area contributed by atoms with Gasteiger partial charge in [0.05, 0.1) is 5.52 Å². The van der Waals surface area contributed by atoms with E-state index >= 15 is 0 Å². The highest BCUT2D eigenvalue weighted by Crippen LogP contribution is 2.03. The number of para-hydroxylation sites is 1. The quantitative estimate of drug-likeness (QED) is 0.727. The van der Waals surface area contributed by atoms with Crippen molar-refractivity contribution < 1.29 is 0 Å².